The maximum atomic E-state index is 12.9. The van der Waals surface area contributed by atoms with Crippen molar-refractivity contribution in [2.45, 2.75) is 50.4 Å². The molecule has 108 valence electrons. The number of aliphatic hydroxyl groups is 1. The summed E-state index contributed by atoms with van der Waals surface area (Å²) in [6.45, 7) is 1.87. The first-order valence-electron chi connectivity index (χ1n) is 6.28. The highest BCUT2D eigenvalue weighted by atomic mass is 32.2. The van der Waals surface area contributed by atoms with Crippen molar-refractivity contribution in [1.82, 2.24) is 5.32 Å². The fourth-order valence-electron chi connectivity index (χ4n) is 2.48. The van der Waals surface area contributed by atoms with Gasteiger partial charge in [0, 0.05) is 18.3 Å². The third kappa shape index (κ3) is 4.97. The second kappa shape index (κ2) is 6.48. The number of halogens is 3. The topological polar surface area (TPSA) is 32.3 Å². The van der Waals surface area contributed by atoms with Gasteiger partial charge in [-0.05, 0) is 26.0 Å². The van der Waals surface area contributed by atoms with E-state index in [2.05, 4.69) is 5.32 Å². The van der Waals surface area contributed by atoms with Gasteiger partial charge in [-0.15, -0.1) is 0 Å². The molecule has 1 aliphatic carbocycles. The lowest BCUT2D eigenvalue weighted by atomic mass is 9.83. The zero-order chi connectivity index (χ0) is 13.8. The molecule has 0 aromatic carbocycles. The van der Waals surface area contributed by atoms with Crippen molar-refractivity contribution >= 4 is 11.8 Å². The Morgan fingerprint density at radius 1 is 1.28 bits per heavy atom. The van der Waals surface area contributed by atoms with Crippen molar-refractivity contribution in [2.24, 2.45) is 5.92 Å². The SMILES string of the molecule is CSCC(C)(O)CNC1CCCCC1C(F)(F)F. The molecule has 0 aromatic rings. The van der Waals surface area contributed by atoms with E-state index in [1.54, 1.807) is 6.92 Å². The van der Waals surface area contributed by atoms with Crippen LogP contribution in [0, 0.1) is 5.92 Å². The maximum Gasteiger partial charge on any atom is 0.393 e. The van der Waals surface area contributed by atoms with E-state index >= 15 is 0 Å². The third-order valence-corrected chi connectivity index (χ3v) is 4.30. The molecule has 2 N–H and O–H groups in total. The van der Waals surface area contributed by atoms with Gasteiger partial charge in [-0.3, -0.25) is 0 Å². The number of alkyl halides is 3. The van der Waals surface area contributed by atoms with Crippen LogP contribution in [0.4, 0.5) is 13.2 Å². The summed E-state index contributed by atoms with van der Waals surface area (Å²) in [5.41, 5.74) is -0.951. The molecular formula is C12H22F3NOS. The zero-order valence-corrected chi connectivity index (χ0v) is 11.7. The Morgan fingerprint density at radius 3 is 2.44 bits per heavy atom. The highest BCUT2D eigenvalue weighted by Gasteiger charge is 2.45. The second-order valence-electron chi connectivity index (χ2n) is 5.35. The van der Waals surface area contributed by atoms with Gasteiger partial charge in [-0.25, -0.2) is 0 Å². The molecule has 0 radical (unpaired) electrons. The summed E-state index contributed by atoms with van der Waals surface area (Å²) in [5.74, 6) is -0.750. The Bertz CT molecular complexity index is 258. The summed E-state index contributed by atoms with van der Waals surface area (Å²) in [5, 5.41) is 12.9. The summed E-state index contributed by atoms with van der Waals surface area (Å²) in [6.07, 6.45) is -0.0547. The third-order valence-electron chi connectivity index (χ3n) is 3.39. The molecule has 3 unspecified atom stereocenters. The molecule has 0 spiro atoms. The van der Waals surface area contributed by atoms with Gasteiger partial charge in [-0.1, -0.05) is 12.8 Å². The molecule has 18 heavy (non-hydrogen) atoms. The van der Waals surface area contributed by atoms with Gasteiger partial charge in [-0.2, -0.15) is 24.9 Å². The van der Waals surface area contributed by atoms with Crippen LogP contribution < -0.4 is 5.32 Å². The molecule has 1 saturated carbocycles. The van der Waals surface area contributed by atoms with Gasteiger partial charge in [0.2, 0.25) is 0 Å². The summed E-state index contributed by atoms with van der Waals surface area (Å²) in [6, 6.07) is -0.549. The van der Waals surface area contributed by atoms with Gasteiger partial charge < -0.3 is 10.4 Å². The molecule has 0 amide bonds. The largest absolute Gasteiger partial charge is 0.393 e. The first kappa shape index (κ1) is 16.1. The van der Waals surface area contributed by atoms with Crippen LogP contribution in [0.1, 0.15) is 32.6 Å². The van der Waals surface area contributed by atoms with E-state index in [4.69, 9.17) is 0 Å². The number of hydrogen-bond donors (Lipinski definition) is 2. The maximum absolute atomic E-state index is 12.9. The Labute approximate surface area is 111 Å². The van der Waals surface area contributed by atoms with Crippen LogP contribution in [0.3, 0.4) is 0 Å². The molecule has 2 nitrogen and oxygen atoms in total. The molecule has 0 aliphatic heterocycles. The Balaban J connectivity index is 2.53. The predicted octanol–water partition coefficient (Wildman–Crippen LogP) is 2.81. The van der Waals surface area contributed by atoms with Crippen LogP contribution in [-0.2, 0) is 0 Å². The molecule has 0 bridgehead atoms. The van der Waals surface area contributed by atoms with Crippen LogP contribution in [0.25, 0.3) is 0 Å². The lowest BCUT2D eigenvalue weighted by Gasteiger charge is -2.35. The van der Waals surface area contributed by atoms with Crippen LogP contribution in [-0.4, -0.2) is 41.5 Å². The molecule has 1 rings (SSSR count). The van der Waals surface area contributed by atoms with Gasteiger partial charge in [0.05, 0.1) is 11.5 Å². The Kier molecular flexibility index (Phi) is 5.80. The van der Waals surface area contributed by atoms with Crippen molar-refractivity contribution in [1.29, 1.82) is 0 Å². The smallest absolute Gasteiger partial charge is 0.388 e. The van der Waals surface area contributed by atoms with E-state index in [1.807, 2.05) is 6.26 Å². The van der Waals surface area contributed by atoms with E-state index in [0.717, 1.165) is 6.42 Å². The first-order valence-corrected chi connectivity index (χ1v) is 7.67. The Morgan fingerprint density at radius 2 is 1.89 bits per heavy atom. The van der Waals surface area contributed by atoms with E-state index < -0.39 is 23.7 Å². The molecule has 0 saturated heterocycles. The van der Waals surface area contributed by atoms with Gasteiger partial charge >= 0.3 is 6.18 Å². The van der Waals surface area contributed by atoms with Crippen molar-refractivity contribution in [3.05, 3.63) is 0 Å². The van der Waals surface area contributed by atoms with Crippen LogP contribution >= 0.6 is 11.8 Å². The normalized spacial score (nSPS) is 29.0. The van der Waals surface area contributed by atoms with Crippen LogP contribution in [0.15, 0.2) is 0 Å². The first-order chi connectivity index (χ1) is 8.26. The Hall–Kier alpha value is 0.0600. The minimum atomic E-state index is -4.14. The predicted molar refractivity (Wildman–Crippen MR) is 68.8 cm³/mol. The number of rotatable bonds is 5. The second-order valence-corrected chi connectivity index (χ2v) is 6.22. The lowest BCUT2D eigenvalue weighted by molar-refractivity contribution is -0.189. The number of thioether (sulfide) groups is 1. The molecule has 1 aliphatic rings. The van der Waals surface area contributed by atoms with Gasteiger partial charge in [0.1, 0.15) is 0 Å². The van der Waals surface area contributed by atoms with E-state index in [0.29, 0.717) is 18.6 Å². The summed E-state index contributed by atoms with van der Waals surface area (Å²) in [4.78, 5) is 0. The van der Waals surface area contributed by atoms with Crippen molar-refractivity contribution in [3.63, 3.8) is 0 Å². The quantitative estimate of drug-likeness (QED) is 0.814. The van der Waals surface area contributed by atoms with Crippen molar-refractivity contribution < 1.29 is 18.3 Å². The highest BCUT2D eigenvalue weighted by Crippen LogP contribution is 2.37. The van der Waals surface area contributed by atoms with Gasteiger partial charge in [0.15, 0.2) is 0 Å². The minimum Gasteiger partial charge on any atom is -0.388 e. The average Bonchev–Trinajstić information content (AvgIpc) is 2.26. The van der Waals surface area contributed by atoms with Crippen molar-refractivity contribution in [2.75, 3.05) is 18.6 Å². The van der Waals surface area contributed by atoms with Gasteiger partial charge in [0.25, 0.3) is 0 Å². The molecule has 3 atom stereocenters. The van der Waals surface area contributed by atoms with E-state index in [9.17, 15) is 18.3 Å². The molecule has 6 heteroatoms. The summed E-state index contributed by atoms with van der Waals surface area (Å²) < 4.78 is 38.6. The number of hydrogen-bond acceptors (Lipinski definition) is 3. The minimum absolute atomic E-state index is 0.200. The molecular weight excluding hydrogens is 263 g/mol. The number of nitrogens with one attached hydrogen (secondary N) is 1. The van der Waals surface area contributed by atoms with Crippen LogP contribution in [0.2, 0.25) is 0 Å². The van der Waals surface area contributed by atoms with E-state index in [1.165, 1.54) is 11.8 Å². The van der Waals surface area contributed by atoms with E-state index in [-0.39, 0.29) is 13.0 Å². The standard InChI is InChI=1S/C12H22F3NOS/c1-11(17,8-18-2)7-16-10-6-4-3-5-9(10)12(13,14)15/h9-10,16-17H,3-8H2,1-2H3. The fraction of sp³-hybridized carbons (Fsp3) is 1.00. The molecule has 0 heterocycles. The fourth-order valence-corrected chi connectivity index (χ4v) is 3.20. The molecule has 0 aromatic heterocycles. The highest BCUT2D eigenvalue weighted by molar-refractivity contribution is 7.98. The monoisotopic (exact) mass is 285 g/mol. The molecule has 1 fully saturated rings. The average molecular weight is 285 g/mol. The summed E-state index contributed by atoms with van der Waals surface area (Å²) in [7, 11) is 0. The summed E-state index contributed by atoms with van der Waals surface area (Å²) >= 11 is 1.49. The van der Waals surface area contributed by atoms with Crippen molar-refractivity contribution in [3.8, 4) is 0 Å². The lowest BCUT2D eigenvalue weighted by Crippen LogP contribution is -2.50. The zero-order valence-electron chi connectivity index (χ0n) is 10.9. The van der Waals surface area contributed by atoms with Crippen LogP contribution in [0.5, 0.6) is 0 Å².